The van der Waals surface area contributed by atoms with Gasteiger partial charge in [-0.3, -0.25) is 4.90 Å². The number of nitrogens with zero attached hydrogens (tertiary/aromatic N) is 1. The van der Waals surface area contributed by atoms with Gasteiger partial charge < -0.3 is 10.2 Å². The van der Waals surface area contributed by atoms with Crippen molar-refractivity contribution in [1.29, 1.82) is 0 Å². The molecule has 11 heavy (non-hydrogen) atoms. The summed E-state index contributed by atoms with van der Waals surface area (Å²) in [6.45, 7) is 9.13. The van der Waals surface area contributed by atoms with Gasteiger partial charge in [-0.25, -0.2) is 0 Å². The van der Waals surface area contributed by atoms with Crippen LogP contribution in [0.3, 0.4) is 0 Å². The van der Waals surface area contributed by atoms with Gasteiger partial charge in [0.15, 0.2) is 5.79 Å². The molecule has 0 unspecified atom stereocenters. The third-order valence-corrected chi connectivity index (χ3v) is 1.68. The third-order valence-electron chi connectivity index (χ3n) is 1.68. The van der Waals surface area contributed by atoms with Crippen LogP contribution in [0.15, 0.2) is 12.7 Å². The summed E-state index contributed by atoms with van der Waals surface area (Å²) in [5, 5.41) is 18.3. The van der Waals surface area contributed by atoms with Gasteiger partial charge in [0.2, 0.25) is 0 Å². The van der Waals surface area contributed by atoms with Gasteiger partial charge in [-0.15, -0.1) is 0 Å². The summed E-state index contributed by atoms with van der Waals surface area (Å²) in [6, 6.07) is 0. The summed E-state index contributed by atoms with van der Waals surface area (Å²) in [5.74, 6) is -1.74. The molecule has 3 nitrogen and oxygen atoms in total. The fourth-order valence-electron chi connectivity index (χ4n) is 0.841. The van der Waals surface area contributed by atoms with Crippen LogP contribution in [-0.4, -0.2) is 40.5 Å². The van der Waals surface area contributed by atoms with Crippen molar-refractivity contribution in [2.45, 2.75) is 19.6 Å². The molecule has 0 rings (SSSR count). The minimum absolute atomic E-state index is 0.226. The number of rotatable bonds is 5. The summed E-state index contributed by atoms with van der Waals surface area (Å²) < 4.78 is 0. The lowest BCUT2D eigenvalue weighted by Gasteiger charge is -2.25. The van der Waals surface area contributed by atoms with Gasteiger partial charge in [0.1, 0.15) is 0 Å². The first-order valence-corrected chi connectivity index (χ1v) is 3.86. The first-order valence-electron chi connectivity index (χ1n) is 3.86. The Bertz CT molecular complexity index is 119. The maximum absolute atomic E-state index is 9.15. The van der Waals surface area contributed by atoms with Crippen LogP contribution < -0.4 is 0 Å². The molecule has 0 radical (unpaired) electrons. The Labute approximate surface area is 68.0 Å². The van der Waals surface area contributed by atoms with Gasteiger partial charge in [-0.1, -0.05) is 20.4 Å². The first kappa shape index (κ1) is 10.6. The predicted molar refractivity (Wildman–Crippen MR) is 45.2 cm³/mol. The highest BCUT2D eigenvalue weighted by atomic mass is 16.5. The molecule has 0 aromatic rings. The van der Waals surface area contributed by atoms with Crippen LogP contribution in [-0.2, 0) is 0 Å². The molecule has 0 bridgehead atoms. The molecule has 0 aliphatic heterocycles. The fraction of sp³-hybridized carbons (Fsp3) is 0.750. The van der Waals surface area contributed by atoms with Gasteiger partial charge in [0, 0.05) is 0 Å². The van der Waals surface area contributed by atoms with Crippen molar-refractivity contribution in [2.75, 3.05) is 19.6 Å². The van der Waals surface area contributed by atoms with E-state index < -0.39 is 5.79 Å². The van der Waals surface area contributed by atoms with E-state index in [1.165, 1.54) is 0 Å². The average Bonchev–Trinajstić information content (AvgIpc) is 2.00. The smallest absolute Gasteiger partial charge is 0.195 e. The lowest BCUT2D eigenvalue weighted by Crippen LogP contribution is -2.41. The number of hydrogen-bond donors (Lipinski definition) is 2. The minimum atomic E-state index is -1.74. The van der Waals surface area contributed by atoms with Crippen LogP contribution in [0.1, 0.15) is 13.8 Å². The van der Waals surface area contributed by atoms with Gasteiger partial charge in [0.25, 0.3) is 0 Å². The SMILES string of the molecule is C=CC(O)(O)CN(CC)CC. The number of aliphatic hydroxyl groups is 2. The van der Waals surface area contributed by atoms with E-state index in [1.807, 2.05) is 18.7 Å². The van der Waals surface area contributed by atoms with E-state index in [1.54, 1.807) is 0 Å². The monoisotopic (exact) mass is 159 g/mol. The number of likely N-dealkylation sites (N-methyl/N-ethyl adjacent to an activating group) is 1. The normalized spacial score (nSPS) is 12.1. The average molecular weight is 159 g/mol. The van der Waals surface area contributed by atoms with Gasteiger partial charge in [-0.05, 0) is 19.2 Å². The Balaban J connectivity index is 3.88. The maximum atomic E-state index is 9.15. The Morgan fingerprint density at radius 2 is 1.82 bits per heavy atom. The van der Waals surface area contributed by atoms with E-state index >= 15 is 0 Å². The van der Waals surface area contributed by atoms with E-state index in [4.69, 9.17) is 10.2 Å². The quantitative estimate of drug-likeness (QED) is 0.445. The van der Waals surface area contributed by atoms with Crippen LogP contribution >= 0.6 is 0 Å². The summed E-state index contributed by atoms with van der Waals surface area (Å²) in [4.78, 5) is 1.92. The van der Waals surface area contributed by atoms with E-state index in [0.717, 1.165) is 19.2 Å². The second-order valence-corrected chi connectivity index (χ2v) is 2.54. The van der Waals surface area contributed by atoms with E-state index in [-0.39, 0.29) is 6.54 Å². The maximum Gasteiger partial charge on any atom is 0.195 e. The molecule has 0 aromatic heterocycles. The lowest BCUT2D eigenvalue weighted by molar-refractivity contribution is -0.132. The molecule has 0 aliphatic rings. The summed E-state index contributed by atoms with van der Waals surface area (Å²) in [7, 11) is 0. The van der Waals surface area contributed by atoms with Gasteiger partial charge >= 0.3 is 0 Å². The van der Waals surface area contributed by atoms with Crippen molar-refractivity contribution in [1.82, 2.24) is 4.90 Å². The van der Waals surface area contributed by atoms with Crippen LogP contribution in [0.2, 0.25) is 0 Å². The van der Waals surface area contributed by atoms with Gasteiger partial charge in [-0.2, -0.15) is 0 Å². The first-order chi connectivity index (χ1) is 5.05. The molecular formula is C8H17NO2. The molecule has 66 valence electrons. The van der Waals surface area contributed by atoms with Crippen molar-refractivity contribution in [3.8, 4) is 0 Å². The molecule has 0 aromatic carbocycles. The molecular weight excluding hydrogens is 142 g/mol. The molecule has 2 N–H and O–H groups in total. The molecule has 3 heteroatoms. The summed E-state index contributed by atoms with van der Waals surface area (Å²) >= 11 is 0. The second kappa shape index (κ2) is 4.49. The molecule has 0 atom stereocenters. The Morgan fingerprint density at radius 1 is 1.36 bits per heavy atom. The van der Waals surface area contributed by atoms with E-state index in [0.29, 0.717) is 0 Å². The Morgan fingerprint density at radius 3 is 2.09 bits per heavy atom. The third kappa shape index (κ3) is 4.14. The zero-order valence-corrected chi connectivity index (χ0v) is 7.25. The highest BCUT2D eigenvalue weighted by molar-refractivity contribution is 4.87. The molecule has 0 amide bonds. The summed E-state index contributed by atoms with van der Waals surface area (Å²) in [5.41, 5.74) is 0. The highest BCUT2D eigenvalue weighted by Gasteiger charge is 2.20. The molecule has 0 heterocycles. The second-order valence-electron chi connectivity index (χ2n) is 2.54. The van der Waals surface area contributed by atoms with Crippen LogP contribution in [0, 0.1) is 0 Å². The minimum Gasteiger partial charge on any atom is -0.361 e. The molecule has 0 saturated carbocycles. The topological polar surface area (TPSA) is 43.7 Å². The van der Waals surface area contributed by atoms with Crippen molar-refractivity contribution < 1.29 is 10.2 Å². The van der Waals surface area contributed by atoms with Crippen molar-refractivity contribution >= 4 is 0 Å². The van der Waals surface area contributed by atoms with Crippen LogP contribution in [0.5, 0.6) is 0 Å². The van der Waals surface area contributed by atoms with E-state index in [2.05, 4.69) is 6.58 Å². The van der Waals surface area contributed by atoms with Crippen LogP contribution in [0.4, 0.5) is 0 Å². The van der Waals surface area contributed by atoms with Crippen molar-refractivity contribution in [3.63, 3.8) is 0 Å². The summed E-state index contributed by atoms with van der Waals surface area (Å²) in [6.07, 6.45) is 1.14. The molecule has 0 fully saturated rings. The van der Waals surface area contributed by atoms with Gasteiger partial charge in [0.05, 0.1) is 6.54 Å². The number of hydrogen-bond acceptors (Lipinski definition) is 3. The largest absolute Gasteiger partial charge is 0.361 e. The zero-order chi connectivity index (χ0) is 8.91. The highest BCUT2D eigenvalue weighted by Crippen LogP contribution is 2.03. The van der Waals surface area contributed by atoms with E-state index in [9.17, 15) is 0 Å². The fourth-order valence-corrected chi connectivity index (χ4v) is 0.841. The Hall–Kier alpha value is -0.380. The predicted octanol–water partition coefficient (Wildman–Crippen LogP) is 0.195. The molecule has 0 saturated heterocycles. The van der Waals surface area contributed by atoms with Crippen LogP contribution in [0.25, 0.3) is 0 Å². The Kier molecular flexibility index (Phi) is 4.33. The zero-order valence-electron chi connectivity index (χ0n) is 7.25. The van der Waals surface area contributed by atoms with Crippen molar-refractivity contribution in [2.24, 2.45) is 0 Å². The lowest BCUT2D eigenvalue weighted by atomic mass is 10.2. The molecule has 0 aliphatic carbocycles. The van der Waals surface area contributed by atoms with Crippen molar-refractivity contribution in [3.05, 3.63) is 12.7 Å². The molecule has 0 spiro atoms. The standard InChI is InChI=1S/C8H17NO2/c1-4-8(10,11)7-9(5-2)6-3/h4,10-11H,1,5-7H2,2-3H3.